The van der Waals surface area contributed by atoms with Gasteiger partial charge in [-0.2, -0.15) is 0 Å². The smallest absolute Gasteiger partial charge is 0.316 e. The summed E-state index contributed by atoms with van der Waals surface area (Å²) in [6.45, 7) is 1.78. The Labute approximate surface area is 136 Å². The first-order chi connectivity index (χ1) is 10.9. The summed E-state index contributed by atoms with van der Waals surface area (Å²) in [5.74, 6) is 0.406. The van der Waals surface area contributed by atoms with Gasteiger partial charge in [-0.3, -0.25) is 4.79 Å². The summed E-state index contributed by atoms with van der Waals surface area (Å²) >= 11 is 1.04. The van der Waals surface area contributed by atoms with Crippen LogP contribution < -0.4 is 0 Å². The molecule has 0 saturated carbocycles. The summed E-state index contributed by atoms with van der Waals surface area (Å²) in [4.78, 5) is 11.7. The highest BCUT2D eigenvalue weighted by molar-refractivity contribution is 7.99. The molecule has 23 heavy (non-hydrogen) atoms. The number of hydrogen-bond donors (Lipinski definition) is 0. The van der Waals surface area contributed by atoms with Crippen LogP contribution in [0.2, 0.25) is 0 Å². The largest absolute Gasteiger partial charge is 0.469 e. The highest BCUT2D eigenvalue weighted by Crippen LogP contribution is 2.26. The number of carbonyl (C=O) groups excluding carboxylic acids is 1. The van der Waals surface area contributed by atoms with Gasteiger partial charge in [-0.15, -0.1) is 10.2 Å². The molecular formula is C13H14N2O6S2. The third-order valence-electron chi connectivity index (χ3n) is 3.30. The number of furan rings is 1. The van der Waals surface area contributed by atoms with Crippen LogP contribution in [0.5, 0.6) is 0 Å². The summed E-state index contributed by atoms with van der Waals surface area (Å²) in [7, 11) is -3.07. The van der Waals surface area contributed by atoms with Gasteiger partial charge in [0.25, 0.3) is 11.1 Å². The maximum atomic E-state index is 11.7. The van der Waals surface area contributed by atoms with Gasteiger partial charge in [0.15, 0.2) is 9.84 Å². The number of carbonyl (C=O) groups is 1. The van der Waals surface area contributed by atoms with Crippen molar-refractivity contribution in [3.63, 3.8) is 0 Å². The van der Waals surface area contributed by atoms with E-state index in [-0.39, 0.29) is 22.5 Å². The van der Waals surface area contributed by atoms with Crippen molar-refractivity contribution in [2.45, 2.75) is 24.7 Å². The molecule has 0 bridgehead atoms. The molecule has 10 heteroatoms. The van der Waals surface area contributed by atoms with E-state index in [9.17, 15) is 13.2 Å². The Balaban J connectivity index is 1.52. The molecule has 0 spiro atoms. The average Bonchev–Trinajstić information content (AvgIpc) is 3.17. The molecule has 1 aliphatic rings. The predicted octanol–water partition coefficient (Wildman–Crippen LogP) is 1.46. The molecule has 0 unspecified atom stereocenters. The lowest BCUT2D eigenvalue weighted by molar-refractivity contribution is -0.144. The second kappa shape index (κ2) is 6.36. The summed E-state index contributed by atoms with van der Waals surface area (Å²) in [6.07, 6.45) is 1.32. The number of nitrogens with zero attached hydrogens (tertiary/aromatic N) is 2. The number of esters is 1. The fraction of sp³-hybridized carbons (Fsp3) is 0.462. The number of rotatable bonds is 5. The van der Waals surface area contributed by atoms with E-state index in [4.69, 9.17) is 13.6 Å². The summed E-state index contributed by atoms with van der Waals surface area (Å²) in [5.41, 5.74) is 0.697. The molecule has 3 rings (SSSR count). The molecule has 1 saturated heterocycles. The number of thioether (sulfide) groups is 1. The zero-order valence-corrected chi connectivity index (χ0v) is 13.9. The summed E-state index contributed by atoms with van der Waals surface area (Å²) in [5, 5.41) is 7.96. The minimum Gasteiger partial charge on any atom is -0.469 e. The zero-order chi connectivity index (χ0) is 16.4. The van der Waals surface area contributed by atoms with Gasteiger partial charge in [-0.25, -0.2) is 8.42 Å². The van der Waals surface area contributed by atoms with Crippen molar-refractivity contribution in [3.05, 3.63) is 18.1 Å². The molecule has 1 atom stereocenters. The van der Waals surface area contributed by atoms with Crippen molar-refractivity contribution >= 4 is 27.6 Å². The molecular weight excluding hydrogens is 344 g/mol. The van der Waals surface area contributed by atoms with Crippen LogP contribution in [0.4, 0.5) is 0 Å². The third-order valence-corrected chi connectivity index (χ3v) is 5.83. The van der Waals surface area contributed by atoms with Crippen molar-refractivity contribution in [3.8, 4) is 11.5 Å². The lowest BCUT2D eigenvalue weighted by Gasteiger charge is -2.08. The Hall–Kier alpha value is -1.81. The van der Waals surface area contributed by atoms with E-state index in [1.165, 1.54) is 6.26 Å². The van der Waals surface area contributed by atoms with E-state index in [1.807, 2.05) is 0 Å². The van der Waals surface area contributed by atoms with Gasteiger partial charge in [-0.1, -0.05) is 11.8 Å². The molecule has 0 aliphatic carbocycles. The standard InChI is InChI=1S/C13H14N2O6S2/c1-8-10(2-4-19-8)12-14-15-13(21-12)22-6-11(16)20-9-3-5-23(17,18)7-9/h2,4,9H,3,5-7H2,1H3/t9-/m0/s1. The Morgan fingerprint density at radius 3 is 2.96 bits per heavy atom. The monoisotopic (exact) mass is 358 g/mol. The first kappa shape index (κ1) is 16.1. The number of hydrogen-bond acceptors (Lipinski definition) is 9. The van der Waals surface area contributed by atoms with Crippen LogP contribution in [0.1, 0.15) is 12.2 Å². The predicted molar refractivity (Wildman–Crippen MR) is 80.6 cm³/mol. The fourth-order valence-corrected chi connectivity index (χ4v) is 4.31. The van der Waals surface area contributed by atoms with Gasteiger partial charge in [-0.05, 0) is 19.4 Å². The Morgan fingerprint density at radius 2 is 2.30 bits per heavy atom. The highest BCUT2D eigenvalue weighted by atomic mass is 32.2. The highest BCUT2D eigenvalue weighted by Gasteiger charge is 2.30. The van der Waals surface area contributed by atoms with Gasteiger partial charge < -0.3 is 13.6 Å². The van der Waals surface area contributed by atoms with Crippen molar-refractivity contribution in [1.82, 2.24) is 10.2 Å². The molecule has 0 amide bonds. The van der Waals surface area contributed by atoms with E-state index >= 15 is 0 Å². The number of ether oxygens (including phenoxy) is 1. The van der Waals surface area contributed by atoms with Gasteiger partial charge >= 0.3 is 5.97 Å². The number of sulfone groups is 1. The van der Waals surface area contributed by atoms with E-state index in [2.05, 4.69) is 10.2 Å². The van der Waals surface area contributed by atoms with Crippen LogP contribution in [0.15, 0.2) is 26.4 Å². The Bertz CT molecular complexity index is 810. The molecule has 1 fully saturated rings. The van der Waals surface area contributed by atoms with Crippen LogP contribution >= 0.6 is 11.8 Å². The SMILES string of the molecule is Cc1occc1-c1nnc(SCC(=O)O[C@H]2CCS(=O)(=O)C2)o1. The van der Waals surface area contributed by atoms with Crippen LogP contribution in [-0.4, -0.2) is 47.9 Å². The molecule has 124 valence electrons. The van der Waals surface area contributed by atoms with Crippen LogP contribution in [-0.2, 0) is 19.4 Å². The Kier molecular flexibility index (Phi) is 4.44. The lowest BCUT2D eigenvalue weighted by Crippen LogP contribution is -2.20. The van der Waals surface area contributed by atoms with E-state index in [1.54, 1.807) is 13.0 Å². The maximum Gasteiger partial charge on any atom is 0.316 e. The molecule has 8 nitrogen and oxygen atoms in total. The lowest BCUT2D eigenvalue weighted by atomic mass is 10.3. The minimum absolute atomic E-state index is 0.0252. The van der Waals surface area contributed by atoms with Gasteiger partial charge in [0.05, 0.1) is 23.3 Å². The zero-order valence-electron chi connectivity index (χ0n) is 12.2. The molecule has 0 aromatic carbocycles. The maximum absolute atomic E-state index is 11.7. The topological polar surface area (TPSA) is 112 Å². The van der Waals surface area contributed by atoms with E-state index in [0.717, 1.165) is 11.8 Å². The molecule has 1 aliphatic heterocycles. The number of aryl methyl sites for hydroxylation is 1. The normalized spacial score (nSPS) is 19.8. The van der Waals surface area contributed by atoms with Crippen molar-refractivity contribution in [1.29, 1.82) is 0 Å². The summed E-state index contributed by atoms with van der Waals surface area (Å²) < 4.78 is 38.3. The summed E-state index contributed by atoms with van der Waals surface area (Å²) in [6, 6.07) is 1.71. The van der Waals surface area contributed by atoms with E-state index < -0.39 is 21.9 Å². The van der Waals surface area contributed by atoms with Gasteiger partial charge in [0.2, 0.25) is 0 Å². The molecule has 0 radical (unpaired) electrons. The molecule has 3 heterocycles. The van der Waals surface area contributed by atoms with Gasteiger partial charge in [0, 0.05) is 0 Å². The second-order valence-corrected chi connectivity index (χ2v) is 8.22. The van der Waals surface area contributed by atoms with E-state index in [0.29, 0.717) is 23.6 Å². The average molecular weight is 358 g/mol. The second-order valence-electron chi connectivity index (χ2n) is 5.07. The van der Waals surface area contributed by atoms with Gasteiger partial charge in [0.1, 0.15) is 17.6 Å². The fourth-order valence-electron chi connectivity index (χ4n) is 2.18. The van der Waals surface area contributed by atoms with Crippen LogP contribution in [0.3, 0.4) is 0 Å². The Morgan fingerprint density at radius 1 is 1.48 bits per heavy atom. The number of aromatic nitrogens is 2. The molecule has 0 N–H and O–H groups in total. The quantitative estimate of drug-likeness (QED) is 0.579. The van der Waals surface area contributed by atoms with Crippen molar-refractivity contribution in [2.75, 3.05) is 17.3 Å². The third kappa shape index (κ3) is 3.94. The van der Waals surface area contributed by atoms with Crippen molar-refractivity contribution in [2.24, 2.45) is 0 Å². The first-order valence-electron chi connectivity index (χ1n) is 6.83. The first-order valence-corrected chi connectivity index (χ1v) is 9.64. The molecule has 2 aromatic rings. The van der Waals surface area contributed by atoms with Crippen molar-refractivity contribution < 1.29 is 26.8 Å². The van der Waals surface area contributed by atoms with Crippen LogP contribution in [0.25, 0.3) is 11.5 Å². The van der Waals surface area contributed by atoms with Crippen LogP contribution in [0, 0.1) is 6.92 Å². The minimum atomic E-state index is -3.07. The molecule has 2 aromatic heterocycles.